The minimum absolute atomic E-state index is 0.0484. The first-order valence-electron chi connectivity index (χ1n) is 6.05. The van der Waals surface area contributed by atoms with E-state index in [2.05, 4.69) is 5.10 Å². The zero-order valence-electron chi connectivity index (χ0n) is 11.8. The molecule has 0 saturated carbocycles. The molecule has 0 aromatic carbocycles. The number of hydrogen-bond donors (Lipinski definition) is 2. The number of hydrogen-bond acceptors (Lipinski definition) is 4. The summed E-state index contributed by atoms with van der Waals surface area (Å²) >= 11 is 0. The number of amidine groups is 1. The Morgan fingerprint density at radius 2 is 2.17 bits per heavy atom. The van der Waals surface area contributed by atoms with Gasteiger partial charge in [0.15, 0.2) is 0 Å². The highest BCUT2D eigenvalue weighted by Crippen LogP contribution is 2.21. The highest BCUT2D eigenvalue weighted by Gasteiger charge is 2.18. The van der Waals surface area contributed by atoms with Crippen molar-refractivity contribution < 1.29 is 4.74 Å². The summed E-state index contributed by atoms with van der Waals surface area (Å²) in [5.74, 6) is 0.902. The number of ether oxygens (including phenoxy) is 1. The van der Waals surface area contributed by atoms with E-state index < -0.39 is 0 Å². The highest BCUT2D eigenvalue weighted by molar-refractivity contribution is 6.00. The Bertz CT molecular complexity index is 424. The lowest BCUT2D eigenvalue weighted by Gasteiger charge is -2.21. The molecule has 0 spiro atoms. The van der Waals surface area contributed by atoms with Gasteiger partial charge in [-0.25, -0.2) is 0 Å². The maximum atomic E-state index is 7.64. The molecule has 6 nitrogen and oxygen atoms in total. The quantitative estimate of drug-likeness (QED) is 0.582. The Hall–Kier alpha value is -1.56. The first-order chi connectivity index (χ1) is 8.34. The van der Waals surface area contributed by atoms with Gasteiger partial charge in [-0.05, 0) is 20.8 Å². The van der Waals surface area contributed by atoms with Crippen molar-refractivity contribution in [3.63, 3.8) is 0 Å². The van der Waals surface area contributed by atoms with Gasteiger partial charge in [-0.1, -0.05) is 0 Å². The van der Waals surface area contributed by atoms with E-state index in [1.807, 2.05) is 39.8 Å². The van der Waals surface area contributed by atoms with E-state index >= 15 is 0 Å². The Morgan fingerprint density at radius 3 is 2.67 bits per heavy atom. The monoisotopic (exact) mass is 253 g/mol. The van der Waals surface area contributed by atoms with Crippen LogP contribution in [-0.4, -0.2) is 41.9 Å². The van der Waals surface area contributed by atoms with Crippen LogP contribution in [0.1, 0.15) is 25.1 Å². The van der Waals surface area contributed by atoms with Crippen molar-refractivity contribution >= 4 is 11.7 Å². The third kappa shape index (κ3) is 3.22. The number of likely N-dealkylation sites (N-methyl/N-ethyl adjacent to an activating group) is 1. The molecular formula is C12H23N5O. The largest absolute Gasteiger partial charge is 0.384 e. The number of nitrogens with one attached hydrogen (secondary N) is 1. The van der Waals surface area contributed by atoms with Crippen molar-refractivity contribution in [2.75, 3.05) is 25.1 Å². The van der Waals surface area contributed by atoms with Crippen LogP contribution in [0.4, 0.5) is 5.82 Å². The molecule has 0 saturated heterocycles. The average molecular weight is 253 g/mol. The van der Waals surface area contributed by atoms with Gasteiger partial charge in [0.25, 0.3) is 0 Å². The number of nitrogen functional groups attached to an aromatic ring is 1. The van der Waals surface area contributed by atoms with Gasteiger partial charge < -0.3 is 15.4 Å². The summed E-state index contributed by atoms with van der Waals surface area (Å²) in [5.41, 5.74) is 7.09. The zero-order chi connectivity index (χ0) is 13.9. The maximum absolute atomic E-state index is 7.64. The molecule has 102 valence electrons. The number of anilines is 1. The number of nitrogens with zero attached hydrogens (tertiary/aromatic N) is 3. The summed E-state index contributed by atoms with van der Waals surface area (Å²) < 4.78 is 7.28. The van der Waals surface area contributed by atoms with Crippen LogP contribution in [0, 0.1) is 12.3 Å². The van der Waals surface area contributed by atoms with Crippen LogP contribution in [0.25, 0.3) is 0 Å². The van der Waals surface area contributed by atoms with Crippen LogP contribution in [0.3, 0.4) is 0 Å². The summed E-state index contributed by atoms with van der Waals surface area (Å²) in [6.07, 6.45) is 0.221. The standard InChI is InChI=1S/C12H23N5O/c1-8(2)18-7-6-16(4)12-10(11(13)14)9(3)15-17(12)5/h8H,6-7H2,1-5H3,(H3,13,14). The molecule has 0 atom stereocenters. The Labute approximate surface area is 108 Å². The fourth-order valence-electron chi connectivity index (χ4n) is 1.93. The van der Waals surface area contributed by atoms with Crippen molar-refractivity contribution in [2.24, 2.45) is 12.8 Å². The molecule has 0 fully saturated rings. The Kier molecular flexibility index (Phi) is 4.72. The number of rotatable bonds is 6. The zero-order valence-corrected chi connectivity index (χ0v) is 11.8. The number of aromatic nitrogens is 2. The molecule has 6 heteroatoms. The van der Waals surface area contributed by atoms with Gasteiger partial charge in [-0.2, -0.15) is 5.10 Å². The lowest BCUT2D eigenvalue weighted by Crippen LogP contribution is -2.28. The third-order valence-electron chi connectivity index (χ3n) is 2.70. The van der Waals surface area contributed by atoms with Gasteiger partial charge >= 0.3 is 0 Å². The molecule has 1 rings (SSSR count). The molecule has 1 aromatic heterocycles. The van der Waals surface area contributed by atoms with Crippen molar-refractivity contribution in [2.45, 2.75) is 26.9 Å². The predicted octanol–water partition coefficient (Wildman–Crippen LogP) is 0.874. The second-order valence-electron chi connectivity index (χ2n) is 4.66. The topological polar surface area (TPSA) is 80.2 Å². The first-order valence-corrected chi connectivity index (χ1v) is 6.05. The smallest absolute Gasteiger partial charge is 0.137 e. The molecule has 1 heterocycles. The van der Waals surface area contributed by atoms with Gasteiger partial charge in [-0.15, -0.1) is 0 Å². The Balaban J connectivity index is 2.84. The van der Waals surface area contributed by atoms with Crippen LogP contribution < -0.4 is 10.6 Å². The lowest BCUT2D eigenvalue weighted by molar-refractivity contribution is 0.0845. The summed E-state index contributed by atoms with van der Waals surface area (Å²) in [4.78, 5) is 2.01. The summed E-state index contributed by atoms with van der Waals surface area (Å²) in [5, 5.41) is 11.9. The fourth-order valence-corrected chi connectivity index (χ4v) is 1.93. The molecule has 1 aromatic rings. The molecule has 3 N–H and O–H groups in total. The Morgan fingerprint density at radius 1 is 1.56 bits per heavy atom. The van der Waals surface area contributed by atoms with Gasteiger partial charge in [0.2, 0.25) is 0 Å². The molecule has 0 amide bonds. The second kappa shape index (κ2) is 5.86. The highest BCUT2D eigenvalue weighted by atomic mass is 16.5. The van der Waals surface area contributed by atoms with Gasteiger partial charge in [-0.3, -0.25) is 10.1 Å². The van der Waals surface area contributed by atoms with Crippen LogP contribution in [-0.2, 0) is 11.8 Å². The van der Waals surface area contributed by atoms with E-state index in [0.29, 0.717) is 12.2 Å². The third-order valence-corrected chi connectivity index (χ3v) is 2.70. The molecule has 0 unspecified atom stereocenters. The van der Waals surface area contributed by atoms with E-state index in [0.717, 1.165) is 18.1 Å². The summed E-state index contributed by atoms with van der Waals surface area (Å²) in [7, 11) is 3.81. The number of nitrogens with two attached hydrogens (primary N) is 1. The first kappa shape index (κ1) is 14.5. The van der Waals surface area contributed by atoms with Crippen molar-refractivity contribution in [3.8, 4) is 0 Å². The second-order valence-corrected chi connectivity index (χ2v) is 4.66. The normalized spacial score (nSPS) is 11.0. The van der Waals surface area contributed by atoms with Gasteiger partial charge in [0.05, 0.1) is 24.0 Å². The lowest BCUT2D eigenvalue weighted by atomic mass is 10.2. The molecule has 18 heavy (non-hydrogen) atoms. The van der Waals surface area contributed by atoms with E-state index in [1.54, 1.807) is 4.68 Å². The SMILES string of the molecule is Cc1nn(C)c(N(C)CCOC(C)C)c1C(=N)N. The van der Waals surface area contributed by atoms with Gasteiger partial charge in [0, 0.05) is 20.6 Å². The average Bonchev–Trinajstić information content (AvgIpc) is 2.52. The van der Waals surface area contributed by atoms with E-state index in [4.69, 9.17) is 15.9 Å². The summed E-state index contributed by atoms with van der Waals surface area (Å²) in [6.45, 7) is 7.25. The van der Waals surface area contributed by atoms with Crippen molar-refractivity contribution in [3.05, 3.63) is 11.3 Å². The molecule has 0 radical (unpaired) electrons. The molecule has 0 aliphatic rings. The van der Waals surface area contributed by atoms with Crippen molar-refractivity contribution in [1.82, 2.24) is 9.78 Å². The van der Waals surface area contributed by atoms with Crippen LogP contribution >= 0.6 is 0 Å². The molecule has 0 aliphatic heterocycles. The van der Waals surface area contributed by atoms with E-state index in [-0.39, 0.29) is 11.9 Å². The fraction of sp³-hybridized carbons (Fsp3) is 0.667. The van der Waals surface area contributed by atoms with Crippen LogP contribution in [0.5, 0.6) is 0 Å². The molecule has 0 aliphatic carbocycles. The van der Waals surface area contributed by atoms with Gasteiger partial charge in [0.1, 0.15) is 11.7 Å². The van der Waals surface area contributed by atoms with E-state index in [1.165, 1.54) is 0 Å². The minimum atomic E-state index is 0.0484. The predicted molar refractivity (Wildman–Crippen MR) is 73.3 cm³/mol. The van der Waals surface area contributed by atoms with Crippen LogP contribution in [0.15, 0.2) is 0 Å². The molecular weight excluding hydrogens is 230 g/mol. The van der Waals surface area contributed by atoms with E-state index in [9.17, 15) is 0 Å². The molecule has 0 bridgehead atoms. The number of aryl methyl sites for hydroxylation is 2. The summed E-state index contributed by atoms with van der Waals surface area (Å²) in [6, 6.07) is 0. The maximum Gasteiger partial charge on any atom is 0.137 e. The minimum Gasteiger partial charge on any atom is -0.384 e. The van der Waals surface area contributed by atoms with Crippen LogP contribution in [0.2, 0.25) is 0 Å². The van der Waals surface area contributed by atoms with Crippen molar-refractivity contribution in [1.29, 1.82) is 5.41 Å².